The van der Waals surface area contributed by atoms with Crippen LogP contribution in [-0.2, 0) is 11.0 Å². The minimum absolute atomic E-state index is 0.00724. The highest BCUT2D eigenvalue weighted by atomic mass is 79.9. The number of nitrogens with one attached hydrogen (secondary N) is 1. The molecule has 0 aliphatic rings. The molecule has 0 spiro atoms. The highest BCUT2D eigenvalue weighted by molar-refractivity contribution is 9.10. The lowest BCUT2D eigenvalue weighted by Gasteiger charge is -2.10. The lowest BCUT2D eigenvalue weighted by atomic mass is 10.1. The highest BCUT2D eigenvalue weighted by Gasteiger charge is 2.33. The molecule has 0 aliphatic heterocycles. The van der Waals surface area contributed by atoms with Crippen LogP contribution in [-0.4, -0.2) is 24.2 Å². The Labute approximate surface area is 109 Å². The van der Waals surface area contributed by atoms with Gasteiger partial charge in [0.2, 0.25) is 0 Å². The van der Waals surface area contributed by atoms with Crippen molar-refractivity contribution in [3.63, 3.8) is 0 Å². The molecule has 0 unspecified atom stereocenters. The Morgan fingerprint density at radius 2 is 2.11 bits per heavy atom. The average molecular weight is 328 g/mol. The van der Waals surface area contributed by atoms with Gasteiger partial charge >= 0.3 is 6.18 Å². The van der Waals surface area contributed by atoms with Gasteiger partial charge in [0.15, 0.2) is 0 Å². The summed E-state index contributed by atoms with van der Waals surface area (Å²) in [7, 11) is 0. The molecule has 0 radical (unpaired) electrons. The Bertz CT molecular complexity index is 437. The molecule has 0 fully saturated rings. The van der Waals surface area contributed by atoms with Crippen LogP contribution in [0.25, 0.3) is 0 Å². The summed E-state index contributed by atoms with van der Waals surface area (Å²) in [5.41, 5.74) is 1.13. The number of aliphatic hydroxyl groups is 1. The Balaban J connectivity index is 2.81. The van der Waals surface area contributed by atoms with E-state index in [0.717, 1.165) is 18.2 Å². The lowest BCUT2D eigenvalue weighted by molar-refractivity contribution is -0.138. The van der Waals surface area contributed by atoms with Crippen molar-refractivity contribution < 1.29 is 27.9 Å². The summed E-state index contributed by atoms with van der Waals surface area (Å²) in [6.07, 6.45) is -4.48. The van der Waals surface area contributed by atoms with E-state index in [1.165, 1.54) is 0 Å². The van der Waals surface area contributed by atoms with Crippen LogP contribution in [0, 0.1) is 0 Å². The quantitative estimate of drug-likeness (QED) is 0.658. The van der Waals surface area contributed by atoms with E-state index < -0.39 is 17.6 Å². The molecule has 0 heterocycles. The van der Waals surface area contributed by atoms with E-state index in [-0.39, 0.29) is 23.2 Å². The number of hydrogen-bond acceptors (Lipinski definition) is 3. The minimum Gasteiger partial charge on any atom is -0.394 e. The first-order valence-electron chi connectivity index (χ1n) is 4.76. The summed E-state index contributed by atoms with van der Waals surface area (Å²) in [5, 5.41) is 8.41. The fourth-order valence-corrected chi connectivity index (χ4v) is 1.71. The average Bonchev–Trinajstić information content (AvgIpc) is 2.27. The number of rotatable bonds is 4. The molecule has 2 N–H and O–H groups in total. The van der Waals surface area contributed by atoms with Gasteiger partial charge in [-0.15, -0.1) is 0 Å². The maximum Gasteiger partial charge on any atom is 0.417 e. The number of hydroxylamine groups is 1. The van der Waals surface area contributed by atoms with Gasteiger partial charge in [-0.2, -0.15) is 13.2 Å². The van der Waals surface area contributed by atoms with E-state index in [1.807, 2.05) is 5.48 Å². The summed E-state index contributed by atoms with van der Waals surface area (Å²) < 4.78 is 37.1. The first-order chi connectivity index (χ1) is 8.36. The molecule has 8 heteroatoms. The van der Waals surface area contributed by atoms with Crippen LogP contribution >= 0.6 is 15.9 Å². The number of halogens is 4. The Kier molecular flexibility index (Phi) is 5.12. The molecule has 1 amide bonds. The predicted octanol–water partition coefficient (Wildman–Crippen LogP) is 2.12. The first-order valence-corrected chi connectivity index (χ1v) is 5.55. The second kappa shape index (κ2) is 6.17. The fraction of sp³-hybridized carbons (Fsp3) is 0.300. The molecular formula is C10H9BrF3NO3. The number of benzene rings is 1. The van der Waals surface area contributed by atoms with E-state index in [1.54, 1.807) is 0 Å². The number of carbonyl (C=O) groups is 1. The Morgan fingerprint density at radius 3 is 2.61 bits per heavy atom. The van der Waals surface area contributed by atoms with Crippen LogP contribution in [0.15, 0.2) is 22.7 Å². The Hall–Kier alpha value is -1.12. The van der Waals surface area contributed by atoms with Gasteiger partial charge in [0.05, 0.1) is 18.8 Å². The Morgan fingerprint density at radius 1 is 1.44 bits per heavy atom. The zero-order valence-electron chi connectivity index (χ0n) is 8.92. The number of amides is 1. The maximum absolute atomic E-state index is 12.4. The molecule has 0 bridgehead atoms. The molecule has 0 saturated heterocycles. The van der Waals surface area contributed by atoms with Crippen molar-refractivity contribution in [3.05, 3.63) is 33.8 Å². The van der Waals surface area contributed by atoms with Gasteiger partial charge in [0.1, 0.15) is 0 Å². The second-order valence-corrected chi connectivity index (χ2v) is 4.05. The van der Waals surface area contributed by atoms with Crippen molar-refractivity contribution >= 4 is 21.8 Å². The van der Waals surface area contributed by atoms with E-state index in [9.17, 15) is 18.0 Å². The zero-order chi connectivity index (χ0) is 13.8. The van der Waals surface area contributed by atoms with Gasteiger partial charge in [-0.05, 0) is 18.2 Å². The third-order valence-corrected chi connectivity index (χ3v) is 2.55. The number of hydrogen-bond donors (Lipinski definition) is 2. The molecule has 4 nitrogen and oxygen atoms in total. The maximum atomic E-state index is 12.4. The standard InChI is InChI=1S/C10H9BrF3NO3/c11-8-5-6(9(17)15-18-4-3-16)1-2-7(8)10(12,13)14/h1-2,5,16H,3-4H2,(H,15,17). The van der Waals surface area contributed by atoms with Crippen molar-refractivity contribution in [1.82, 2.24) is 5.48 Å². The van der Waals surface area contributed by atoms with Gasteiger partial charge in [0, 0.05) is 10.0 Å². The molecule has 0 atom stereocenters. The summed E-state index contributed by atoms with van der Waals surface area (Å²) in [4.78, 5) is 16.0. The van der Waals surface area contributed by atoms with Gasteiger partial charge in [0.25, 0.3) is 5.91 Å². The van der Waals surface area contributed by atoms with Crippen molar-refractivity contribution in [1.29, 1.82) is 0 Å². The van der Waals surface area contributed by atoms with Crippen molar-refractivity contribution in [2.45, 2.75) is 6.18 Å². The van der Waals surface area contributed by atoms with Crippen LogP contribution in [0.3, 0.4) is 0 Å². The molecule has 100 valence electrons. The van der Waals surface area contributed by atoms with Crippen molar-refractivity contribution in [3.8, 4) is 0 Å². The third kappa shape index (κ3) is 3.97. The van der Waals surface area contributed by atoms with Crippen molar-refractivity contribution in [2.24, 2.45) is 0 Å². The lowest BCUT2D eigenvalue weighted by Crippen LogP contribution is -2.25. The normalized spacial score (nSPS) is 11.4. The number of alkyl halides is 3. The van der Waals surface area contributed by atoms with E-state index in [4.69, 9.17) is 5.11 Å². The van der Waals surface area contributed by atoms with E-state index in [0.29, 0.717) is 0 Å². The molecule has 1 rings (SSSR count). The fourth-order valence-electron chi connectivity index (χ4n) is 1.11. The first kappa shape index (κ1) is 14.9. The smallest absolute Gasteiger partial charge is 0.394 e. The third-order valence-electron chi connectivity index (χ3n) is 1.89. The van der Waals surface area contributed by atoms with Crippen LogP contribution in [0.1, 0.15) is 15.9 Å². The summed E-state index contributed by atoms with van der Waals surface area (Å²) in [6.45, 7) is -0.384. The molecular weight excluding hydrogens is 319 g/mol. The predicted molar refractivity (Wildman–Crippen MR) is 59.6 cm³/mol. The van der Waals surface area contributed by atoms with Crippen LogP contribution in [0.4, 0.5) is 13.2 Å². The highest BCUT2D eigenvalue weighted by Crippen LogP contribution is 2.35. The van der Waals surface area contributed by atoms with Crippen LogP contribution in [0.2, 0.25) is 0 Å². The monoisotopic (exact) mass is 327 g/mol. The van der Waals surface area contributed by atoms with Crippen molar-refractivity contribution in [2.75, 3.05) is 13.2 Å². The summed E-state index contributed by atoms with van der Waals surface area (Å²) >= 11 is 2.75. The van der Waals surface area contributed by atoms with Gasteiger partial charge in [-0.25, -0.2) is 5.48 Å². The number of aliphatic hydroxyl groups excluding tert-OH is 1. The molecule has 1 aromatic carbocycles. The van der Waals surface area contributed by atoms with Crippen LogP contribution < -0.4 is 5.48 Å². The molecule has 0 aromatic heterocycles. The van der Waals surface area contributed by atoms with Crippen LogP contribution in [0.5, 0.6) is 0 Å². The molecule has 1 aromatic rings. The SMILES string of the molecule is O=C(NOCCO)c1ccc(C(F)(F)F)c(Br)c1. The van der Waals surface area contributed by atoms with Gasteiger partial charge in [-0.1, -0.05) is 15.9 Å². The summed E-state index contributed by atoms with van der Waals surface area (Å²) in [5.74, 6) is -0.696. The van der Waals surface area contributed by atoms with E-state index in [2.05, 4.69) is 20.8 Å². The summed E-state index contributed by atoms with van der Waals surface area (Å²) in [6, 6.07) is 2.87. The molecule has 0 saturated carbocycles. The largest absolute Gasteiger partial charge is 0.417 e. The van der Waals surface area contributed by atoms with E-state index >= 15 is 0 Å². The molecule has 0 aliphatic carbocycles. The topological polar surface area (TPSA) is 58.6 Å². The minimum atomic E-state index is -4.48. The van der Waals surface area contributed by atoms with Gasteiger partial charge in [-0.3, -0.25) is 9.63 Å². The molecule has 18 heavy (non-hydrogen) atoms. The van der Waals surface area contributed by atoms with Gasteiger partial charge < -0.3 is 5.11 Å². The zero-order valence-corrected chi connectivity index (χ0v) is 10.5. The second-order valence-electron chi connectivity index (χ2n) is 3.20. The number of carbonyl (C=O) groups excluding carboxylic acids is 1.